The number of rotatable bonds is 1. The van der Waals surface area contributed by atoms with Crippen molar-refractivity contribution in [3.05, 3.63) is 12.4 Å². The van der Waals surface area contributed by atoms with Crippen molar-refractivity contribution >= 4 is 11.6 Å². The fourth-order valence-corrected chi connectivity index (χ4v) is 1.53. The van der Waals surface area contributed by atoms with Gasteiger partial charge in [0.05, 0.1) is 11.9 Å². The van der Waals surface area contributed by atoms with E-state index in [2.05, 4.69) is 5.10 Å². The molecule has 0 saturated carbocycles. The molecule has 70 valence electrons. The first-order valence-electron chi connectivity index (χ1n) is 4.21. The second kappa shape index (κ2) is 2.85. The first-order chi connectivity index (χ1) is 6.16. The van der Waals surface area contributed by atoms with Crippen LogP contribution in [0.3, 0.4) is 0 Å². The van der Waals surface area contributed by atoms with E-state index in [9.17, 15) is 4.79 Å². The minimum atomic E-state index is -0.0345. The largest absolute Gasteiger partial charge is 0.326 e. The molecule has 1 aromatic rings. The summed E-state index contributed by atoms with van der Waals surface area (Å²) in [6.45, 7) is 0.602. The maximum absolute atomic E-state index is 11.4. The Hall–Kier alpha value is -1.36. The second-order valence-corrected chi connectivity index (χ2v) is 3.34. The van der Waals surface area contributed by atoms with Crippen LogP contribution in [-0.2, 0) is 11.8 Å². The zero-order valence-electron chi connectivity index (χ0n) is 7.47. The van der Waals surface area contributed by atoms with Crippen molar-refractivity contribution in [3.8, 4) is 0 Å². The van der Waals surface area contributed by atoms with Gasteiger partial charge in [0.2, 0.25) is 5.91 Å². The molecule has 0 aromatic carbocycles. The summed E-state index contributed by atoms with van der Waals surface area (Å²) in [6, 6.07) is -0.0345. The van der Waals surface area contributed by atoms with Crippen LogP contribution in [0.5, 0.6) is 0 Å². The highest BCUT2D eigenvalue weighted by Crippen LogP contribution is 2.19. The Bertz CT molecular complexity index is 333. The fourth-order valence-electron chi connectivity index (χ4n) is 1.53. The molecule has 0 bridgehead atoms. The van der Waals surface area contributed by atoms with Crippen LogP contribution >= 0.6 is 0 Å². The molecule has 5 nitrogen and oxygen atoms in total. The molecule has 1 saturated heterocycles. The topological polar surface area (TPSA) is 64.2 Å². The van der Waals surface area contributed by atoms with E-state index in [0.29, 0.717) is 13.0 Å². The number of carbonyl (C=O) groups is 1. The van der Waals surface area contributed by atoms with Crippen LogP contribution < -0.4 is 10.6 Å². The molecule has 0 radical (unpaired) electrons. The zero-order valence-corrected chi connectivity index (χ0v) is 7.47. The lowest BCUT2D eigenvalue weighted by Crippen LogP contribution is -2.27. The van der Waals surface area contributed by atoms with Crippen molar-refractivity contribution in [1.29, 1.82) is 0 Å². The number of anilines is 1. The maximum atomic E-state index is 11.4. The summed E-state index contributed by atoms with van der Waals surface area (Å²) >= 11 is 0. The summed E-state index contributed by atoms with van der Waals surface area (Å²) in [5.41, 5.74) is 6.50. The van der Waals surface area contributed by atoms with E-state index in [1.54, 1.807) is 15.8 Å². The smallest absolute Gasteiger partial charge is 0.228 e. The molecule has 13 heavy (non-hydrogen) atoms. The number of aryl methyl sites for hydroxylation is 1. The highest BCUT2D eigenvalue weighted by atomic mass is 16.2. The van der Waals surface area contributed by atoms with Gasteiger partial charge in [-0.2, -0.15) is 5.10 Å². The number of aromatic nitrogens is 2. The van der Waals surface area contributed by atoms with Gasteiger partial charge in [-0.3, -0.25) is 9.48 Å². The molecule has 2 N–H and O–H groups in total. The highest BCUT2D eigenvalue weighted by Gasteiger charge is 2.28. The summed E-state index contributed by atoms with van der Waals surface area (Å²) < 4.78 is 1.67. The van der Waals surface area contributed by atoms with Gasteiger partial charge in [0.15, 0.2) is 0 Å². The third-order valence-electron chi connectivity index (χ3n) is 2.16. The average molecular weight is 180 g/mol. The van der Waals surface area contributed by atoms with Crippen molar-refractivity contribution in [2.24, 2.45) is 12.8 Å². The Morgan fingerprint density at radius 2 is 2.46 bits per heavy atom. The molecule has 2 rings (SSSR count). The van der Waals surface area contributed by atoms with E-state index in [4.69, 9.17) is 5.73 Å². The molecule has 0 spiro atoms. The number of amides is 1. The molecule has 0 unspecified atom stereocenters. The number of hydrogen-bond acceptors (Lipinski definition) is 3. The van der Waals surface area contributed by atoms with Crippen molar-refractivity contribution in [1.82, 2.24) is 9.78 Å². The first-order valence-corrected chi connectivity index (χ1v) is 4.21. The van der Waals surface area contributed by atoms with E-state index in [0.717, 1.165) is 5.69 Å². The summed E-state index contributed by atoms with van der Waals surface area (Å²) in [6.07, 6.45) is 3.93. The van der Waals surface area contributed by atoms with E-state index in [1.165, 1.54) is 0 Å². The maximum Gasteiger partial charge on any atom is 0.228 e. The summed E-state index contributed by atoms with van der Waals surface area (Å²) in [4.78, 5) is 13.1. The molecule has 0 aliphatic carbocycles. The van der Waals surface area contributed by atoms with Crippen molar-refractivity contribution in [2.75, 3.05) is 11.4 Å². The average Bonchev–Trinajstić information content (AvgIpc) is 2.58. The summed E-state index contributed by atoms with van der Waals surface area (Å²) in [5, 5.41) is 4.00. The monoisotopic (exact) mass is 180 g/mol. The number of hydrogen-bond donors (Lipinski definition) is 1. The molecule has 2 heterocycles. The zero-order chi connectivity index (χ0) is 9.42. The molecular weight excluding hydrogens is 168 g/mol. The Labute approximate surface area is 76.1 Å². The number of nitrogens with two attached hydrogens (primary N) is 1. The fraction of sp³-hybridized carbons (Fsp3) is 0.500. The van der Waals surface area contributed by atoms with Crippen molar-refractivity contribution < 1.29 is 4.79 Å². The molecule has 1 fully saturated rings. The standard InChI is InChI=1S/C8H12N4O/c1-11-5-7(3-10-11)12-4-6(9)2-8(12)13/h3,5-6H,2,4,9H2,1H3/t6-/m0/s1. The predicted molar refractivity (Wildman–Crippen MR) is 48.2 cm³/mol. The Morgan fingerprint density at radius 3 is 2.92 bits per heavy atom. The molecule has 1 aliphatic heterocycles. The van der Waals surface area contributed by atoms with Crippen LogP contribution in [0, 0.1) is 0 Å². The molecular formula is C8H12N4O. The first kappa shape index (κ1) is 8.25. The van der Waals surface area contributed by atoms with E-state index < -0.39 is 0 Å². The summed E-state index contributed by atoms with van der Waals surface area (Å²) in [7, 11) is 1.82. The predicted octanol–water partition coefficient (Wildman–Crippen LogP) is -0.516. The SMILES string of the molecule is Cn1cc(N2C[C@@H](N)CC2=O)cn1. The van der Waals surface area contributed by atoms with Gasteiger partial charge in [0.1, 0.15) is 0 Å². The Kier molecular flexibility index (Phi) is 1.81. The Balaban J connectivity index is 2.22. The quantitative estimate of drug-likeness (QED) is 0.632. The summed E-state index contributed by atoms with van der Waals surface area (Å²) in [5.74, 6) is 0.0838. The Morgan fingerprint density at radius 1 is 1.69 bits per heavy atom. The molecule has 5 heteroatoms. The second-order valence-electron chi connectivity index (χ2n) is 3.34. The van der Waals surface area contributed by atoms with Crippen LogP contribution in [0.4, 0.5) is 5.69 Å². The van der Waals surface area contributed by atoms with Gasteiger partial charge in [-0.15, -0.1) is 0 Å². The van der Waals surface area contributed by atoms with Crippen LogP contribution in [0.1, 0.15) is 6.42 Å². The van der Waals surface area contributed by atoms with Gasteiger partial charge < -0.3 is 10.6 Å². The minimum absolute atomic E-state index is 0.0345. The highest BCUT2D eigenvalue weighted by molar-refractivity contribution is 5.95. The molecule has 1 aliphatic rings. The van der Waals surface area contributed by atoms with Gasteiger partial charge in [-0.05, 0) is 0 Å². The number of nitrogens with zero attached hydrogens (tertiary/aromatic N) is 3. The van der Waals surface area contributed by atoms with Crippen LogP contribution in [0.25, 0.3) is 0 Å². The van der Waals surface area contributed by atoms with Crippen LogP contribution in [0.2, 0.25) is 0 Å². The third kappa shape index (κ3) is 1.42. The van der Waals surface area contributed by atoms with Gasteiger partial charge in [-0.25, -0.2) is 0 Å². The minimum Gasteiger partial charge on any atom is -0.326 e. The molecule has 1 atom stereocenters. The van der Waals surface area contributed by atoms with Crippen LogP contribution in [0.15, 0.2) is 12.4 Å². The van der Waals surface area contributed by atoms with Crippen molar-refractivity contribution in [2.45, 2.75) is 12.5 Å². The molecule has 1 aromatic heterocycles. The van der Waals surface area contributed by atoms with Gasteiger partial charge >= 0.3 is 0 Å². The van der Waals surface area contributed by atoms with Crippen molar-refractivity contribution in [3.63, 3.8) is 0 Å². The normalized spacial score (nSPS) is 22.8. The lowest BCUT2D eigenvalue weighted by Gasteiger charge is -2.12. The van der Waals surface area contributed by atoms with Gasteiger partial charge in [-0.1, -0.05) is 0 Å². The van der Waals surface area contributed by atoms with Gasteiger partial charge in [0.25, 0.3) is 0 Å². The van der Waals surface area contributed by atoms with E-state index in [1.807, 2.05) is 13.2 Å². The van der Waals surface area contributed by atoms with Crippen LogP contribution in [-0.4, -0.2) is 28.3 Å². The van der Waals surface area contributed by atoms with E-state index >= 15 is 0 Å². The van der Waals surface area contributed by atoms with Gasteiger partial charge in [0, 0.05) is 32.3 Å². The number of carbonyl (C=O) groups excluding carboxylic acids is 1. The molecule has 1 amide bonds. The van der Waals surface area contributed by atoms with E-state index in [-0.39, 0.29) is 11.9 Å². The lowest BCUT2D eigenvalue weighted by atomic mass is 10.3. The lowest BCUT2D eigenvalue weighted by molar-refractivity contribution is -0.117. The third-order valence-corrected chi connectivity index (χ3v) is 2.16.